The molecule has 1 aromatic heterocycles. The molecule has 0 saturated carbocycles. The van der Waals surface area contributed by atoms with Gasteiger partial charge in [-0.05, 0) is 24.3 Å². The zero-order valence-corrected chi connectivity index (χ0v) is 17.3. The number of nitrogens with zero attached hydrogens (tertiary/aromatic N) is 2. The van der Waals surface area contributed by atoms with Crippen LogP contribution in [0.3, 0.4) is 0 Å². The summed E-state index contributed by atoms with van der Waals surface area (Å²) in [6.45, 7) is 0.107. The molecule has 1 heterocycles. The second-order valence-corrected chi connectivity index (χ2v) is 7.63. The first-order chi connectivity index (χ1) is 14.7. The van der Waals surface area contributed by atoms with Gasteiger partial charge < -0.3 is 4.74 Å². The number of hydrogen-bond acceptors (Lipinski definition) is 5. The van der Waals surface area contributed by atoms with Crippen LogP contribution in [0.4, 0.5) is 9.52 Å². The first-order valence-electron chi connectivity index (χ1n) is 9.15. The molecular formula is C23H17ClFN3OS. The van der Waals surface area contributed by atoms with Gasteiger partial charge in [-0.2, -0.15) is 5.10 Å². The van der Waals surface area contributed by atoms with Crippen molar-refractivity contribution in [1.82, 2.24) is 4.98 Å². The van der Waals surface area contributed by atoms with Gasteiger partial charge in [0.15, 0.2) is 0 Å². The second kappa shape index (κ2) is 9.52. The predicted octanol–water partition coefficient (Wildman–Crippen LogP) is 6.63. The first-order valence-corrected chi connectivity index (χ1v) is 10.4. The Morgan fingerprint density at radius 1 is 1.07 bits per heavy atom. The Labute approximate surface area is 182 Å². The van der Waals surface area contributed by atoms with Crippen molar-refractivity contribution in [3.63, 3.8) is 0 Å². The second-order valence-electron chi connectivity index (χ2n) is 6.34. The van der Waals surface area contributed by atoms with Crippen LogP contribution < -0.4 is 10.2 Å². The van der Waals surface area contributed by atoms with E-state index in [-0.39, 0.29) is 12.4 Å². The summed E-state index contributed by atoms with van der Waals surface area (Å²) in [4.78, 5) is 4.53. The zero-order valence-electron chi connectivity index (χ0n) is 15.8. The van der Waals surface area contributed by atoms with Gasteiger partial charge in [0.25, 0.3) is 0 Å². The van der Waals surface area contributed by atoms with Crippen LogP contribution >= 0.6 is 22.9 Å². The monoisotopic (exact) mass is 437 g/mol. The maximum Gasteiger partial charge on any atom is 0.203 e. The van der Waals surface area contributed by atoms with E-state index in [2.05, 4.69) is 15.5 Å². The lowest BCUT2D eigenvalue weighted by molar-refractivity contribution is 0.299. The Bertz CT molecular complexity index is 1160. The Balaban J connectivity index is 1.45. The van der Waals surface area contributed by atoms with Crippen LogP contribution in [-0.2, 0) is 6.61 Å². The molecule has 0 spiro atoms. The largest absolute Gasteiger partial charge is 0.488 e. The summed E-state index contributed by atoms with van der Waals surface area (Å²) in [7, 11) is 0. The van der Waals surface area contributed by atoms with E-state index in [4.69, 9.17) is 16.3 Å². The number of hydrazone groups is 1. The molecule has 30 heavy (non-hydrogen) atoms. The molecule has 0 unspecified atom stereocenters. The molecular weight excluding hydrogens is 421 g/mol. The highest BCUT2D eigenvalue weighted by molar-refractivity contribution is 7.14. The van der Waals surface area contributed by atoms with E-state index in [0.29, 0.717) is 27.0 Å². The van der Waals surface area contributed by atoms with Gasteiger partial charge in [0, 0.05) is 27.1 Å². The van der Waals surface area contributed by atoms with E-state index < -0.39 is 0 Å². The maximum atomic E-state index is 13.8. The van der Waals surface area contributed by atoms with Crippen molar-refractivity contribution in [1.29, 1.82) is 0 Å². The molecule has 0 radical (unpaired) electrons. The van der Waals surface area contributed by atoms with Crippen molar-refractivity contribution in [3.05, 3.63) is 100 Å². The number of anilines is 1. The minimum atomic E-state index is -0.304. The Hall–Kier alpha value is -3.22. The number of hydrogen-bond donors (Lipinski definition) is 1. The molecule has 150 valence electrons. The van der Waals surface area contributed by atoms with Crippen molar-refractivity contribution >= 4 is 34.3 Å². The summed E-state index contributed by atoms with van der Waals surface area (Å²) >= 11 is 7.58. The van der Waals surface area contributed by atoms with Gasteiger partial charge in [0.1, 0.15) is 18.2 Å². The molecule has 0 aliphatic carbocycles. The SMILES string of the molecule is Fc1ccccc1COc1ccc(Cl)cc1C=NNc1nc(-c2ccccc2)cs1. The fourth-order valence-corrected chi connectivity index (χ4v) is 3.60. The van der Waals surface area contributed by atoms with Crippen LogP contribution in [0, 0.1) is 5.82 Å². The maximum absolute atomic E-state index is 13.8. The molecule has 0 fully saturated rings. The van der Waals surface area contributed by atoms with Crippen LogP contribution in [0.5, 0.6) is 5.75 Å². The normalized spacial score (nSPS) is 11.0. The van der Waals surface area contributed by atoms with Crippen LogP contribution in [-0.4, -0.2) is 11.2 Å². The van der Waals surface area contributed by atoms with E-state index >= 15 is 0 Å². The van der Waals surface area contributed by atoms with E-state index in [0.717, 1.165) is 11.3 Å². The highest BCUT2D eigenvalue weighted by Gasteiger charge is 2.07. The van der Waals surface area contributed by atoms with Gasteiger partial charge in [-0.25, -0.2) is 9.37 Å². The smallest absolute Gasteiger partial charge is 0.203 e. The molecule has 0 amide bonds. The molecule has 0 atom stereocenters. The van der Waals surface area contributed by atoms with Gasteiger partial charge in [0.2, 0.25) is 5.13 Å². The molecule has 3 aromatic carbocycles. The van der Waals surface area contributed by atoms with Crippen LogP contribution in [0.2, 0.25) is 5.02 Å². The molecule has 0 aliphatic heterocycles. The topological polar surface area (TPSA) is 46.5 Å². The minimum absolute atomic E-state index is 0.107. The lowest BCUT2D eigenvalue weighted by Gasteiger charge is -2.10. The number of nitrogens with one attached hydrogen (secondary N) is 1. The molecule has 0 bridgehead atoms. The Morgan fingerprint density at radius 2 is 1.87 bits per heavy atom. The fourth-order valence-electron chi connectivity index (χ4n) is 2.75. The molecule has 4 nitrogen and oxygen atoms in total. The van der Waals surface area contributed by atoms with Gasteiger partial charge in [-0.3, -0.25) is 5.43 Å². The number of rotatable bonds is 7. The summed E-state index contributed by atoms with van der Waals surface area (Å²) in [5.74, 6) is 0.249. The highest BCUT2D eigenvalue weighted by Crippen LogP contribution is 2.25. The average molecular weight is 438 g/mol. The lowest BCUT2D eigenvalue weighted by atomic mass is 10.2. The fraction of sp³-hybridized carbons (Fsp3) is 0.0435. The van der Waals surface area contributed by atoms with Crippen LogP contribution in [0.15, 0.2) is 83.3 Å². The molecule has 7 heteroatoms. The van der Waals surface area contributed by atoms with Gasteiger partial charge in [-0.15, -0.1) is 11.3 Å². The quantitative estimate of drug-likeness (QED) is 0.261. The third kappa shape index (κ3) is 5.03. The summed E-state index contributed by atoms with van der Waals surface area (Å²) in [5.41, 5.74) is 6.01. The summed E-state index contributed by atoms with van der Waals surface area (Å²) < 4.78 is 19.6. The number of thiazole rings is 1. The summed E-state index contributed by atoms with van der Waals surface area (Å²) in [6.07, 6.45) is 1.60. The molecule has 4 rings (SSSR count). The minimum Gasteiger partial charge on any atom is -0.488 e. The van der Waals surface area contributed by atoms with Crippen LogP contribution in [0.1, 0.15) is 11.1 Å². The van der Waals surface area contributed by atoms with Crippen molar-refractivity contribution in [2.24, 2.45) is 5.10 Å². The Kier molecular flexibility index (Phi) is 6.37. The summed E-state index contributed by atoms with van der Waals surface area (Å²) in [5, 5.41) is 7.44. The standard InChI is InChI=1S/C23H17ClFN3OS/c24-19-10-11-22(29-14-17-8-4-5-9-20(17)25)18(12-19)13-26-28-23-27-21(15-30-23)16-6-2-1-3-7-16/h1-13,15H,14H2,(H,27,28). The third-order valence-electron chi connectivity index (χ3n) is 4.25. The predicted molar refractivity (Wildman–Crippen MR) is 121 cm³/mol. The first kappa shape index (κ1) is 20.1. The summed E-state index contributed by atoms with van der Waals surface area (Å²) in [6, 6.07) is 21.6. The lowest BCUT2D eigenvalue weighted by Crippen LogP contribution is -2.01. The average Bonchev–Trinajstić information content (AvgIpc) is 3.24. The van der Waals surface area contributed by atoms with Crippen molar-refractivity contribution < 1.29 is 9.13 Å². The van der Waals surface area contributed by atoms with E-state index in [1.54, 1.807) is 42.6 Å². The van der Waals surface area contributed by atoms with E-state index in [1.165, 1.54) is 17.4 Å². The van der Waals surface area contributed by atoms with Gasteiger partial charge in [-0.1, -0.05) is 60.1 Å². The third-order valence-corrected chi connectivity index (χ3v) is 5.23. The Morgan fingerprint density at radius 3 is 2.70 bits per heavy atom. The molecule has 1 N–H and O–H groups in total. The van der Waals surface area contributed by atoms with Crippen molar-refractivity contribution in [2.45, 2.75) is 6.61 Å². The number of benzene rings is 3. The molecule has 0 aliphatic rings. The van der Waals surface area contributed by atoms with Gasteiger partial charge >= 0.3 is 0 Å². The highest BCUT2D eigenvalue weighted by atomic mass is 35.5. The van der Waals surface area contributed by atoms with E-state index in [9.17, 15) is 4.39 Å². The number of ether oxygens (including phenoxy) is 1. The van der Waals surface area contributed by atoms with Gasteiger partial charge in [0.05, 0.1) is 11.9 Å². The molecule has 0 saturated heterocycles. The van der Waals surface area contributed by atoms with Crippen LogP contribution in [0.25, 0.3) is 11.3 Å². The zero-order chi connectivity index (χ0) is 20.8. The molecule has 4 aromatic rings. The van der Waals surface area contributed by atoms with Crippen molar-refractivity contribution in [3.8, 4) is 17.0 Å². The number of aromatic nitrogens is 1. The van der Waals surface area contributed by atoms with E-state index in [1.807, 2.05) is 35.7 Å². The van der Waals surface area contributed by atoms with Crippen molar-refractivity contribution in [2.75, 3.05) is 5.43 Å². The number of halogens is 2.